The van der Waals surface area contributed by atoms with E-state index < -0.39 is 5.91 Å². The summed E-state index contributed by atoms with van der Waals surface area (Å²) in [5.74, 6) is 0.468. The van der Waals surface area contributed by atoms with Crippen LogP contribution in [0.3, 0.4) is 0 Å². The van der Waals surface area contributed by atoms with E-state index in [9.17, 15) is 4.79 Å². The summed E-state index contributed by atoms with van der Waals surface area (Å²) in [6.45, 7) is 0.620. The van der Waals surface area contributed by atoms with Crippen LogP contribution >= 0.6 is 11.5 Å². The molecule has 0 aliphatic heterocycles. The molecule has 0 radical (unpaired) electrons. The predicted octanol–water partition coefficient (Wildman–Crippen LogP) is 0.202. The summed E-state index contributed by atoms with van der Waals surface area (Å²) >= 11 is 1.12. The fraction of sp³-hybridized carbons (Fsp3) is 0.222. The summed E-state index contributed by atoms with van der Waals surface area (Å²) in [5.41, 5.74) is 11.0. The highest BCUT2D eigenvalue weighted by molar-refractivity contribution is 7.11. The Bertz CT molecular complexity index is 506. The number of hydrogen-bond donors (Lipinski definition) is 4. The fourth-order valence-corrected chi connectivity index (χ4v) is 2.13. The molecule has 2 heterocycles. The molecule has 0 saturated carbocycles. The molecule has 0 unspecified atom stereocenters. The van der Waals surface area contributed by atoms with Gasteiger partial charge in [-0.15, -0.1) is 0 Å². The number of nitrogens with one attached hydrogen (secondary N) is 2. The van der Waals surface area contributed by atoms with E-state index in [0.29, 0.717) is 18.0 Å². The smallest absolute Gasteiger partial charge is 0.255 e. The number of hydrogen-bond acceptors (Lipinski definition) is 6. The highest BCUT2D eigenvalue weighted by Gasteiger charge is 2.16. The lowest BCUT2D eigenvalue weighted by atomic mass is 10.3. The molecule has 0 atom stereocenters. The molecule has 0 aliphatic rings. The second kappa shape index (κ2) is 4.83. The summed E-state index contributed by atoms with van der Waals surface area (Å²) in [4.78, 5) is 18.2. The number of H-pyrrole nitrogens is 1. The molecule has 6 N–H and O–H groups in total. The van der Waals surface area contributed by atoms with Gasteiger partial charge in [-0.1, -0.05) is 0 Å². The molecular weight excluding hydrogens is 240 g/mol. The van der Waals surface area contributed by atoms with Crippen LogP contribution in [0.25, 0.3) is 0 Å². The van der Waals surface area contributed by atoms with Crippen LogP contribution in [0.2, 0.25) is 0 Å². The topological polar surface area (TPSA) is 123 Å². The monoisotopic (exact) mass is 252 g/mol. The minimum absolute atomic E-state index is 0.169. The Balaban J connectivity index is 1.97. The summed E-state index contributed by atoms with van der Waals surface area (Å²) in [6.07, 6.45) is 4.16. The average molecular weight is 252 g/mol. The highest BCUT2D eigenvalue weighted by Crippen LogP contribution is 2.25. The minimum Gasteiger partial charge on any atom is -0.382 e. The Kier molecular flexibility index (Phi) is 3.24. The third-order valence-corrected chi connectivity index (χ3v) is 2.99. The van der Waals surface area contributed by atoms with Gasteiger partial charge in [0.25, 0.3) is 5.91 Å². The van der Waals surface area contributed by atoms with Crippen LogP contribution in [0.15, 0.2) is 12.4 Å². The summed E-state index contributed by atoms with van der Waals surface area (Å²) < 4.78 is 3.89. The molecule has 1 amide bonds. The molecule has 2 aromatic rings. The number of nitrogen functional groups attached to an aromatic ring is 1. The molecule has 7 nitrogen and oxygen atoms in total. The zero-order valence-electron chi connectivity index (χ0n) is 8.93. The summed E-state index contributed by atoms with van der Waals surface area (Å²) in [5, 5.41) is 3.67. The van der Waals surface area contributed by atoms with E-state index in [1.165, 1.54) is 0 Å². The number of aromatic amines is 1. The first-order valence-electron chi connectivity index (χ1n) is 4.95. The highest BCUT2D eigenvalue weighted by atomic mass is 32.1. The van der Waals surface area contributed by atoms with Crippen molar-refractivity contribution in [3.05, 3.63) is 23.8 Å². The van der Waals surface area contributed by atoms with Gasteiger partial charge in [0.2, 0.25) is 0 Å². The quantitative estimate of drug-likeness (QED) is 0.605. The number of nitrogens with two attached hydrogens (primary N) is 2. The van der Waals surface area contributed by atoms with Crippen LogP contribution in [0.5, 0.6) is 0 Å². The van der Waals surface area contributed by atoms with Gasteiger partial charge >= 0.3 is 0 Å². The van der Waals surface area contributed by atoms with E-state index in [4.69, 9.17) is 11.5 Å². The van der Waals surface area contributed by atoms with Crippen molar-refractivity contribution in [1.29, 1.82) is 0 Å². The zero-order chi connectivity index (χ0) is 12.3. The average Bonchev–Trinajstić information content (AvgIpc) is 2.88. The van der Waals surface area contributed by atoms with Crippen LogP contribution < -0.4 is 16.8 Å². The molecule has 0 fully saturated rings. The number of primary amides is 1. The molecule has 90 valence electrons. The van der Waals surface area contributed by atoms with Crippen LogP contribution in [0, 0.1) is 0 Å². The van der Waals surface area contributed by atoms with Crippen LogP contribution in [0.4, 0.5) is 10.8 Å². The first-order chi connectivity index (χ1) is 8.18. The van der Waals surface area contributed by atoms with Gasteiger partial charge in [0, 0.05) is 25.4 Å². The Morgan fingerprint density at radius 2 is 2.41 bits per heavy atom. The lowest BCUT2D eigenvalue weighted by Gasteiger charge is -2.03. The second-order valence-corrected chi connectivity index (χ2v) is 4.12. The first kappa shape index (κ1) is 11.4. The van der Waals surface area contributed by atoms with Crippen molar-refractivity contribution >= 4 is 28.3 Å². The van der Waals surface area contributed by atoms with E-state index in [1.807, 2.05) is 0 Å². The maximum atomic E-state index is 11.1. The molecule has 0 aromatic carbocycles. The van der Waals surface area contributed by atoms with Crippen molar-refractivity contribution < 1.29 is 4.79 Å². The van der Waals surface area contributed by atoms with E-state index in [1.54, 1.807) is 12.4 Å². The standard InChI is InChI=1S/C9H12N6OS/c10-7-6(8(11)16)9(17-15-7)14-2-1-5-12-3-4-13-5/h3-4,14H,1-2H2,(H2,10,15)(H2,11,16)(H,12,13). The van der Waals surface area contributed by atoms with E-state index in [0.717, 1.165) is 17.4 Å². The van der Waals surface area contributed by atoms with Gasteiger partial charge < -0.3 is 21.8 Å². The SMILES string of the molecule is NC(=O)c1c(N)nsc1NCCc1ncc[nH]1. The van der Waals surface area contributed by atoms with Crippen molar-refractivity contribution in [2.75, 3.05) is 17.6 Å². The number of imidazole rings is 1. The Hall–Kier alpha value is -2.09. The molecule has 0 saturated heterocycles. The van der Waals surface area contributed by atoms with Gasteiger partial charge in [-0.3, -0.25) is 4.79 Å². The van der Waals surface area contributed by atoms with Gasteiger partial charge in [0.15, 0.2) is 5.82 Å². The summed E-state index contributed by atoms with van der Waals surface area (Å²) in [6, 6.07) is 0. The van der Waals surface area contributed by atoms with Gasteiger partial charge in [0.05, 0.1) is 0 Å². The van der Waals surface area contributed by atoms with Gasteiger partial charge in [0.1, 0.15) is 16.4 Å². The molecule has 0 bridgehead atoms. The lowest BCUT2D eigenvalue weighted by molar-refractivity contribution is 0.100. The third-order valence-electron chi connectivity index (χ3n) is 2.17. The minimum atomic E-state index is -0.572. The predicted molar refractivity (Wildman–Crippen MR) is 65.8 cm³/mol. The molecule has 8 heteroatoms. The zero-order valence-corrected chi connectivity index (χ0v) is 9.75. The lowest BCUT2D eigenvalue weighted by Crippen LogP contribution is -2.15. The number of aromatic nitrogens is 3. The van der Waals surface area contributed by atoms with Crippen LogP contribution in [-0.4, -0.2) is 26.8 Å². The number of rotatable bonds is 5. The second-order valence-electron chi connectivity index (χ2n) is 3.35. The normalized spacial score (nSPS) is 10.4. The number of amides is 1. The maximum Gasteiger partial charge on any atom is 0.255 e. The van der Waals surface area contributed by atoms with Crippen molar-refractivity contribution in [2.45, 2.75) is 6.42 Å². The summed E-state index contributed by atoms with van der Waals surface area (Å²) in [7, 11) is 0. The van der Waals surface area contributed by atoms with Crippen molar-refractivity contribution in [1.82, 2.24) is 14.3 Å². The third kappa shape index (κ3) is 2.53. The number of carbonyl (C=O) groups is 1. The fourth-order valence-electron chi connectivity index (χ4n) is 1.39. The molecular formula is C9H12N6OS. The van der Waals surface area contributed by atoms with Gasteiger partial charge in [-0.25, -0.2) is 4.98 Å². The van der Waals surface area contributed by atoms with Crippen molar-refractivity contribution in [3.8, 4) is 0 Å². The first-order valence-corrected chi connectivity index (χ1v) is 5.73. The largest absolute Gasteiger partial charge is 0.382 e. The van der Waals surface area contributed by atoms with Crippen molar-refractivity contribution in [3.63, 3.8) is 0 Å². The molecule has 0 aliphatic carbocycles. The van der Waals surface area contributed by atoms with E-state index in [-0.39, 0.29) is 11.4 Å². The van der Waals surface area contributed by atoms with E-state index >= 15 is 0 Å². The molecule has 2 rings (SSSR count). The number of carbonyl (C=O) groups excluding carboxylic acids is 1. The Labute approximate surface area is 101 Å². The molecule has 17 heavy (non-hydrogen) atoms. The van der Waals surface area contributed by atoms with Crippen LogP contribution in [0.1, 0.15) is 16.2 Å². The number of anilines is 2. The van der Waals surface area contributed by atoms with Crippen molar-refractivity contribution in [2.24, 2.45) is 5.73 Å². The maximum absolute atomic E-state index is 11.1. The Morgan fingerprint density at radius 1 is 1.59 bits per heavy atom. The van der Waals surface area contributed by atoms with E-state index in [2.05, 4.69) is 19.7 Å². The molecule has 2 aromatic heterocycles. The number of nitrogens with zero attached hydrogens (tertiary/aromatic N) is 2. The van der Waals surface area contributed by atoms with Gasteiger partial charge in [-0.05, 0) is 11.5 Å². The Morgan fingerprint density at radius 3 is 3.06 bits per heavy atom. The van der Waals surface area contributed by atoms with Gasteiger partial charge in [-0.2, -0.15) is 4.37 Å². The molecule has 0 spiro atoms. The van der Waals surface area contributed by atoms with Crippen LogP contribution in [-0.2, 0) is 6.42 Å².